The molecule has 0 saturated carbocycles. The molecule has 1 unspecified atom stereocenters. The van der Waals surface area contributed by atoms with Gasteiger partial charge in [0.15, 0.2) is 0 Å². The smallest absolute Gasteiger partial charge is 0.105 e. The fraction of sp³-hybridized carbons (Fsp3) is 0.111. The molecule has 0 aliphatic rings. The molecule has 16 heavy (non-hydrogen) atoms. The summed E-state index contributed by atoms with van der Waals surface area (Å²) >= 11 is 5.16. The topological polar surface area (TPSA) is 92.5 Å². The molecule has 2 rings (SSSR count). The molecule has 0 bridgehead atoms. The van der Waals surface area contributed by atoms with Crippen LogP contribution in [0.25, 0.3) is 0 Å². The maximum absolute atomic E-state index is 5.34. The predicted octanol–water partition coefficient (Wildman–Crippen LogP) is 0.122. The first-order chi connectivity index (χ1) is 7.83. The Bertz CT molecular complexity index is 454. The van der Waals surface area contributed by atoms with E-state index in [1.165, 1.54) is 0 Å². The van der Waals surface area contributed by atoms with Gasteiger partial charge < -0.3 is 5.43 Å². The van der Waals surface area contributed by atoms with Crippen LogP contribution in [0.1, 0.15) is 17.3 Å². The van der Waals surface area contributed by atoms with Crippen molar-refractivity contribution in [2.24, 2.45) is 5.84 Å². The molecule has 2 aromatic rings. The van der Waals surface area contributed by atoms with E-state index in [4.69, 9.17) is 18.1 Å². The Kier molecular flexibility index (Phi) is 3.18. The molecular formula is C9H10N6S. The number of nitrogens with zero attached hydrogens (tertiary/aromatic N) is 3. The first-order valence-electron chi connectivity index (χ1n) is 4.60. The Morgan fingerprint density at radius 1 is 1.44 bits per heavy atom. The predicted molar refractivity (Wildman–Crippen MR) is 62.4 cm³/mol. The second kappa shape index (κ2) is 4.77. The Morgan fingerprint density at radius 3 is 2.88 bits per heavy atom. The highest BCUT2D eigenvalue weighted by Gasteiger charge is 2.21. The number of aromatic nitrogens is 4. The van der Waals surface area contributed by atoms with E-state index in [0.29, 0.717) is 4.99 Å². The summed E-state index contributed by atoms with van der Waals surface area (Å²) in [6.45, 7) is 0. The van der Waals surface area contributed by atoms with Crippen molar-refractivity contribution in [3.05, 3.63) is 42.0 Å². The van der Waals surface area contributed by atoms with Crippen LogP contribution in [0.2, 0.25) is 0 Å². The summed E-state index contributed by atoms with van der Waals surface area (Å²) < 4.78 is 0. The maximum atomic E-state index is 5.34. The van der Waals surface area contributed by atoms with Crippen LogP contribution in [-0.4, -0.2) is 25.4 Å². The Labute approximate surface area is 97.2 Å². The van der Waals surface area contributed by atoms with Gasteiger partial charge in [-0.25, -0.2) is 0 Å². The molecule has 2 aromatic heterocycles. The number of nitrogens with two attached hydrogens (primary N) is 1. The molecule has 0 radical (unpaired) electrons. The van der Waals surface area contributed by atoms with E-state index < -0.39 is 0 Å². The van der Waals surface area contributed by atoms with E-state index in [0.717, 1.165) is 11.4 Å². The number of hydrogen-bond acceptors (Lipinski definition) is 5. The van der Waals surface area contributed by atoms with E-state index in [9.17, 15) is 0 Å². The summed E-state index contributed by atoms with van der Waals surface area (Å²) in [5, 5.41) is 14.6. The number of nitrogens with one attached hydrogen (secondary N) is 2. The average molecular weight is 234 g/mol. The Hall–Kier alpha value is -1.86. The molecule has 2 heterocycles. The van der Waals surface area contributed by atoms with Gasteiger partial charge in [-0.15, -0.1) is 0 Å². The minimum absolute atomic E-state index is 0.254. The van der Waals surface area contributed by atoms with Gasteiger partial charge in [-0.3, -0.25) is 10.9 Å². The molecule has 0 aliphatic heterocycles. The van der Waals surface area contributed by atoms with Gasteiger partial charge in [-0.05, 0) is 18.2 Å². The van der Waals surface area contributed by atoms with Crippen molar-refractivity contribution in [2.75, 3.05) is 0 Å². The van der Waals surface area contributed by atoms with Crippen LogP contribution in [0.15, 0.2) is 30.6 Å². The quantitative estimate of drug-likeness (QED) is 0.397. The highest BCUT2D eigenvalue weighted by molar-refractivity contribution is 7.80. The van der Waals surface area contributed by atoms with Crippen LogP contribution in [0.4, 0.5) is 0 Å². The van der Waals surface area contributed by atoms with Gasteiger partial charge in [-0.2, -0.15) is 15.3 Å². The molecule has 1 atom stereocenters. The lowest BCUT2D eigenvalue weighted by Crippen LogP contribution is -2.34. The number of hydrazine groups is 1. The molecule has 0 aliphatic carbocycles. The first kappa shape index (κ1) is 10.7. The molecule has 0 saturated heterocycles. The van der Waals surface area contributed by atoms with Crippen molar-refractivity contribution >= 4 is 17.2 Å². The molecule has 0 fully saturated rings. The van der Waals surface area contributed by atoms with Gasteiger partial charge in [0.1, 0.15) is 4.99 Å². The molecule has 82 valence electrons. The van der Waals surface area contributed by atoms with Gasteiger partial charge in [0.25, 0.3) is 0 Å². The van der Waals surface area contributed by atoms with Crippen molar-refractivity contribution < 1.29 is 0 Å². The Morgan fingerprint density at radius 2 is 2.31 bits per heavy atom. The van der Waals surface area contributed by atoms with Crippen molar-refractivity contribution in [1.82, 2.24) is 25.8 Å². The first-order valence-corrected chi connectivity index (χ1v) is 5.01. The SMILES string of the molecule is NNC(=S)C(c1cccnn1)c1ccn[nH]1. The largest absolute Gasteiger partial charge is 0.317 e. The number of H-pyrrole nitrogens is 1. The summed E-state index contributed by atoms with van der Waals surface area (Å²) in [4.78, 5) is 0.463. The van der Waals surface area contributed by atoms with E-state index in [1.54, 1.807) is 18.5 Å². The molecule has 6 nitrogen and oxygen atoms in total. The monoisotopic (exact) mass is 234 g/mol. The highest BCUT2D eigenvalue weighted by atomic mass is 32.1. The maximum Gasteiger partial charge on any atom is 0.105 e. The highest BCUT2D eigenvalue weighted by Crippen LogP contribution is 2.21. The van der Waals surface area contributed by atoms with E-state index in [-0.39, 0.29) is 5.92 Å². The number of hydrogen-bond donors (Lipinski definition) is 3. The minimum Gasteiger partial charge on any atom is -0.317 e. The molecule has 0 amide bonds. The lowest BCUT2D eigenvalue weighted by molar-refractivity contribution is 0.843. The van der Waals surface area contributed by atoms with E-state index >= 15 is 0 Å². The number of rotatable bonds is 3. The lowest BCUT2D eigenvalue weighted by Gasteiger charge is -2.14. The summed E-state index contributed by atoms with van der Waals surface area (Å²) in [7, 11) is 0. The summed E-state index contributed by atoms with van der Waals surface area (Å²) in [6, 6.07) is 5.45. The molecular weight excluding hydrogens is 224 g/mol. The van der Waals surface area contributed by atoms with Crippen molar-refractivity contribution in [3.63, 3.8) is 0 Å². The Balaban J connectivity index is 2.40. The molecule has 4 N–H and O–H groups in total. The molecule has 0 spiro atoms. The number of thiocarbonyl (C=S) groups is 1. The number of aromatic amines is 1. The third-order valence-electron chi connectivity index (χ3n) is 2.13. The van der Waals surface area contributed by atoms with Crippen LogP contribution in [-0.2, 0) is 0 Å². The third kappa shape index (κ3) is 2.05. The standard InChI is InChI=1S/C9H10N6S/c10-13-9(16)8(7-3-5-12-15-7)6-2-1-4-11-14-6/h1-5,8H,10H2,(H,12,15)(H,13,16). The molecule has 7 heteroatoms. The summed E-state index contributed by atoms with van der Waals surface area (Å²) in [5.74, 6) is 5.09. The third-order valence-corrected chi connectivity index (χ3v) is 2.48. The van der Waals surface area contributed by atoms with Crippen LogP contribution in [0.5, 0.6) is 0 Å². The summed E-state index contributed by atoms with van der Waals surface area (Å²) in [5.41, 5.74) is 4.01. The second-order valence-electron chi connectivity index (χ2n) is 3.10. The van der Waals surface area contributed by atoms with Gasteiger partial charge >= 0.3 is 0 Å². The van der Waals surface area contributed by atoms with Crippen molar-refractivity contribution in [2.45, 2.75) is 5.92 Å². The zero-order valence-electron chi connectivity index (χ0n) is 8.29. The normalized spacial score (nSPS) is 12.1. The average Bonchev–Trinajstić information content (AvgIpc) is 2.84. The van der Waals surface area contributed by atoms with Crippen LogP contribution in [0.3, 0.4) is 0 Å². The lowest BCUT2D eigenvalue weighted by atomic mass is 10.0. The van der Waals surface area contributed by atoms with Crippen LogP contribution >= 0.6 is 12.2 Å². The van der Waals surface area contributed by atoms with E-state index in [1.807, 2.05) is 12.1 Å². The second-order valence-corrected chi connectivity index (χ2v) is 3.54. The minimum atomic E-state index is -0.254. The van der Waals surface area contributed by atoms with E-state index in [2.05, 4.69) is 25.8 Å². The zero-order chi connectivity index (χ0) is 11.4. The van der Waals surface area contributed by atoms with Gasteiger partial charge in [0.05, 0.1) is 17.3 Å². The van der Waals surface area contributed by atoms with Gasteiger partial charge in [-0.1, -0.05) is 12.2 Å². The van der Waals surface area contributed by atoms with Gasteiger partial charge in [0.2, 0.25) is 0 Å². The van der Waals surface area contributed by atoms with Crippen LogP contribution in [0, 0.1) is 0 Å². The zero-order valence-corrected chi connectivity index (χ0v) is 9.11. The van der Waals surface area contributed by atoms with Gasteiger partial charge in [0, 0.05) is 12.4 Å². The molecule has 0 aromatic carbocycles. The van der Waals surface area contributed by atoms with Crippen LogP contribution < -0.4 is 11.3 Å². The van der Waals surface area contributed by atoms with Crippen molar-refractivity contribution in [1.29, 1.82) is 0 Å². The van der Waals surface area contributed by atoms with Crippen molar-refractivity contribution in [3.8, 4) is 0 Å². The fourth-order valence-corrected chi connectivity index (χ4v) is 1.66. The fourth-order valence-electron chi connectivity index (χ4n) is 1.41. The summed E-state index contributed by atoms with van der Waals surface area (Å²) in [6.07, 6.45) is 3.25.